The van der Waals surface area contributed by atoms with Crippen LogP contribution in [0.25, 0.3) is 5.57 Å². The Kier molecular flexibility index (Phi) is 4.30. The second-order valence-corrected chi connectivity index (χ2v) is 5.42. The first-order valence-electron chi connectivity index (χ1n) is 7.45. The van der Waals surface area contributed by atoms with Crippen molar-refractivity contribution in [3.8, 4) is 11.5 Å². The van der Waals surface area contributed by atoms with Gasteiger partial charge in [-0.2, -0.15) is 5.06 Å². The first-order valence-corrected chi connectivity index (χ1v) is 7.45. The van der Waals surface area contributed by atoms with Gasteiger partial charge in [-0.3, -0.25) is 5.21 Å². The first-order chi connectivity index (χ1) is 11.1. The fourth-order valence-corrected chi connectivity index (χ4v) is 2.68. The van der Waals surface area contributed by atoms with Crippen molar-refractivity contribution < 1.29 is 14.7 Å². The molecule has 0 aromatic heterocycles. The number of amides is 2. The molecule has 118 valence electrons. The molecule has 0 saturated carbocycles. The van der Waals surface area contributed by atoms with Crippen LogP contribution >= 0.6 is 0 Å². The van der Waals surface area contributed by atoms with Crippen LogP contribution in [0, 0.1) is 0 Å². The zero-order valence-electron chi connectivity index (χ0n) is 12.6. The third-order valence-electron chi connectivity index (χ3n) is 3.83. The molecule has 0 saturated heterocycles. The lowest BCUT2D eigenvalue weighted by atomic mass is 10.1. The zero-order chi connectivity index (χ0) is 16.2. The lowest BCUT2D eigenvalue weighted by molar-refractivity contribution is -0.0608. The van der Waals surface area contributed by atoms with Gasteiger partial charge in [-0.1, -0.05) is 36.4 Å². The molecular weight excluding hydrogens is 292 g/mol. The smallest absolute Gasteiger partial charge is 0.339 e. The average Bonchev–Trinajstić information content (AvgIpc) is 3.05. The summed E-state index contributed by atoms with van der Waals surface area (Å²) >= 11 is 0. The van der Waals surface area contributed by atoms with E-state index in [9.17, 15) is 10.0 Å². The van der Waals surface area contributed by atoms with Gasteiger partial charge < -0.3 is 10.5 Å². The van der Waals surface area contributed by atoms with Gasteiger partial charge in [0, 0.05) is 0 Å². The summed E-state index contributed by atoms with van der Waals surface area (Å²) in [6.07, 6.45) is 3.29. The largest absolute Gasteiger partial charge is 0.457 e. The van der Waals surface area contributed by atoms with Crippen molar-refractivity contribution in [1.29, 1.82) is 0 Å². The Bertz CT molecular complexity index is 728. The Morgan fingerprint density at radius 2 is 1.87 bits per heavy atom. The summed E-state index contributed by atoms with van der Waals surface area (Å²) in [5.41, 5.74) is 7.17. The zero-order valence-corrected chi connectivity index (χ0v) is 12.6. The summed E-state index contributed by atoms with van der Waals surface area (Å²) in [4.78, 5) is 11.0. The van der Waals surface area contributed by atoms with Crippen LogP contribution in [0.3, 0.4) is 0 Å². The molecule has 0 radical (unpaired) electrons. The Labute approximate surface area is 134 Å². The molecule has 3 N–H and O–H groups in total. The van der Waals surface area contributed by atoms with Crippen LogP contribution in [0.1, 0.15) is 18.4 Å². The second-order valence-electron chi connectivity index (χ2n) is 5.42. The highest BCUT2D eigenvalue weighted by Crippen LogP contribution is 2.32. The first kappa shape index (κ1) is 15.1. The van der Waals surface area contributed by atoms with Gasteiger partial charge in [0.1, 0.15) is 11.5 Å². The fraction of sp³-hybridized carbons (Fsp3) is 0.167. The van der Waals surface area contributed by atoms with E-state index >= 15 is 0 Å². The van der Waals surface area contributed by atoms with E-state index in [0.29, 0.717) is 11.5 Å². The number of carbonyl (C=O) groups is 1. The van der Waals surface area contributed by atoms with E-state index in [2.05, 4.69) is 0 Å². The Morgan fingerprint density at radius 1 is 1.13 bits per heavy atom. The minimum absolute atomic E-state index is 0.374. The molecule has 5 heteroatoms. The van der Waals surface area contributed by atoms with Crippen molar-refractivity contribution in [2.75, 3.05) is 0 Å². The maximum absolute atomic E-state index is 11.0. The van der Waals surface area contributed by atoms with Crippen molar-refractivity contribution in [3.05, 3.63) is 66.2 Å². The Hall–Kier alpha value is -2.79. The number of carbonyl (C=O) groups excluding carboxylic acids is 1. The number of benzene rings is 2. The van der Waals surface area contributed by atoms with Gasteiger partial charge in [-0.05, 0) is 48.2 Å². The summed E-state index contributed by atoms with van der Waals surface area (Å²) in [7, 11) is 0. The molecule has 1 unspecified atom stereocenters. The van der Waals surface area contributed by atoms with Crippen LogP contribution in [-0.4, -0.2) is 22.3 Å². The number of urea groups is 1. The van der Waals surface area contributed by atoms with Crippen molar-refractivity contribution >= 4 is 11.6 Å². The van der Waals surface area contributed by atoms with E-state index in [-0.39, 0.29) is 6.04 Å². The number of para-hydroxylation sites is 1. The van der Waals surface area contributed by atoms with Crippen molar-refractivity contribution in [1.82, 2.24) is 5.06 Å². The predicted molar refractivity (Wildman–Crippen MR) is 87.2 cm³/mol. The maximum Gasteiger partial charge on any atom is 0.339 e. The molecule has 0 fully saturated rings. The summed E-state index contributed by atoms with van der Waals surface area (Å²) < 4.78 is 5.83. The van der Waals surface area contributed by atoms with E-state index in [1.807, 2.05) is 60.7 Å². The number of rotatable bonds is 4. The van der Waals surface area contributed by atoms with Crippen LogP contribution < -0.4 is 10.5 Å². The van der Waals surface area contributed by atoms with Crippen LogP contribution in [-0.2, 0) is 0 Å². The van der Waals surface area contributed by atoms with Gasteiger partial charge in [0.2, 0.25) is 0 Å². The fourth-order valence-electron chi connectivity index (χ4n) is 2.68. The molecule has 0 aliphatic heterocycles. The number of nitrogens with zero attached hydrogens (tertiary/aromatic N) is 1. The van der Waals surface area contributed by atoms with E-state index in [0.717, 1.165) is 29.1 Å². The number of hydrogen-bond donors (Lipinski definition) is 2. The standard InChI is InChI=1S/C18H18N2O3/c19-18(21)20(22)15-10-9-14(11-15)13-5-4-8-17(12-13)23-16-6-2-1-3-7-16/h1-8,11-12,15,22H,9-10H2,(H2,19,21). The molecule has 0 bridgehead atoms. The van der Waals surface area contributed by atoms with Gasteiger partial charge in [0.15, 0.2) is 0 Å². The van der Waals surface area contributed by atoms with Gasteiger partial charge >= 0.3 is 6.03 Å². The third kappa shape index (κ3) is 3.52. The highest BCUT2D eigenvalue weighted by molar-refractivity contribution is 5.74. The van der Waals surface area contributed by atoms with Crippen molar-refractivity contribution in [3.63, 3.8) is 0 Å². The molecule has 0 spiro atoms. The quantitative estimate of drug-likeness (QED) is 0.666. The van der Waals surface area contributed by atoms with Gasteiger partial charge in [0.25, 0.3) is 0 Å². The van der Waals surface area contributed by atoms with Gasteiger partial charge in [0.05, 0.1) is 6.04 Å². The monoisotopic (exact) mass is 310 g/mol. The van der Waals surface area contributed by atoms with E-state index in [4.69, 9.17) is 10.5 Å². The maximum atomic E-state index is 11.0. The SMILES string of the molecule is NC(=O)N(O)C1C=C(c2cccc(Oc3ccccc3)c2)CC1. The van der Waals surface area contributed by atoms with Crippen molar-refractivity contribution in [2.24, 2.45) is 5.73 Å². The van der Waals surface area contributed by atoms with Crippen LogP contribution in [0.2, 0.25) is 0 Å². The minimum Gasteiger partial charge on any atom is -0.457 e. The Balaban J connectivity index is 1.78. The summed E-state index contributed by atoms with van der Waals surface area (Å²) in [6, 6.07) is 16.1. The van der Waals surface area contributed by atoms with E-state index in [1.54, 1.807) is 0 Å². The number of allylic oxidation sites excluding steroid dienone is 1. The highest BCUT2D eigenvalue weighted by atomic mass is 16.5. The number of hydrogen-bond acceptors (Lipinski definition) is 3. The molecular formula is C18H18N2O3. The number of primary amides is 1. The van der Waals surface area contributed by atoms with Crippen LogP contribution in [0.15, 0.2) is 60.7 Å². The average molecular weight is 310 g/mol. The summed E-state index contributed by atoms with van der Waals surface area (Å²) in [5.74, 6) is 1.52. The lowest BCUT2D eigenvalue weighted by Crippen LogP contribution is -2.39. The lowest BCUT2D eigenvalue weighted by Gasteiger charge is -2.17. The van der Waals surface area contributed by atoms with Crippen molar-refractivity contribution in [2.45, 2.75) is 18.9 Å². The second kappa shape index (κ2) is 6.54. The molecule has 23 heavy (non-hydrogen) atoms. The molecule has 1 atom stereocenters. The highest BCUT2D eigenvalue weighted by Gasteiger charge is 2.24. The number of nitrogens with two attached hydrogens (primary N) is 1. The molecule has 2 aromatic rings. The molecule has 3 rings (SSSR count). The minimum atomic E-state index is -0.839. The summed E-state index contributed by atoms with van der Waals surface area (Å²) in [6.45, 7) is 0. The molecule has 2 amide bonds. The van der Waals surface area contributed by atoms with E-state index < -0.39 is 6.03 Å². The molecule has 1 aliphatic carbocycles. The molecule has 1 aliphatic rings. The molecule has 2 aromatic carbocycles. The topological polar surface area (TPSA) is 75.8 Å². The molecule has 5 nitrogen and oxygen atoms in total. The van der Waals surface area contributed by atoms with E-state index in [1.165, 1.54) is 0 Å². The number of ether oxygens (including phenoxy) is 1. The van der Waals surface area contributed by atoms with Crippen LogP contribution in [0.4, 0.5) is 4.79 Å². The van der Waals surface area contributed by atoms with Crippen LogP contribution in [0.5, 0.6) is 11.5 Å². The normalized spacial score (nSPS) is 16.7. The summed E-state index contributed by atoms with van der Waals surface area (Å²) in [5, 5.41) is 10.2. The third-order valence-corrected chi connectivity index (χ3v) is 3.83. The molecule has 0 heterocycles. The van der Waals surface area contributed by atoms with Gasteiger partial charge in [-0.25, -0.2) is 4.79 Å². The van der Waals surface area contributed by atoms with Gasteiger partial charge in [-0.15, -0.1) is 0 Å². The number of hydroxylamine groups is 2. The predicted octanol–water partition coefficient (Wildman–Crippen LogP) is 3.79. The Morgan fingerprint density at radius 3 is 2.61 bits per heavy atom.